The van der Waals surface area contributed by atoms with Gasteiger partial charge in [0, 0.05) is 7.05 Å². The summed E-state index contributed by atoms with van der Waals surface area (Å²) in [5, 5.41) is 11.1. The molecule has 0 aliphatic heterocycles. The first-order valence-corrected chi connectivity index (χ1v) is 7.02. The van der Waals surface area contributed by atoms with E-state index in [1.807, 2.05) is 25.3 Å². The smallest absolute Gasteiger partial charge is 0.225 e. The fourth-order valence-corrected chi connectivity index (χ4v) is 2.82. The van der Waals surface area contributed by atoms with E-state index in [0.29, 0.717) is 11.0 Å². The molecule has 3 heterocycles. The van der Waals surface area contributed by atoms with Crippen molar-refractivity contribution in [3.63, 3.8) is 0 Å². The number of anilines is 1. The zero-order valence-corrected chi connectivity index (χ0v) is 12.3. The van der Waals surface area contributed by atoms with Gasteiger partial charge in [-0.25, -0.2) is 9.67 Å². The van der Waals surface area contributed by atoms with E-state index >= 15 is 0 Å². The molecule has 0 saturated heterocycles. The molecule has 0 fully saturated rings. The number of thiophene rings is 1. The third-order valence-corrected chi connectivity index (χ3v) is 4.29. The average molecular weight is 294 g/mol. The van der Waals surface area contributed by atoms with E-state index in [1.165, 1.54) is 0 Å². The maximum atomic E-state index is 6.21. The minimum atomic E-state index is 0.577. The van der Waals surface area contributed by atoms with Gasteiger partial charge in [0.25, 0.3) is 0 Å². The number of nitrogens with one attached hydrogen (secondary N) is 1. The lowest BCUT2D eigenvalue weighted by atomic mass is 10.3. The summed E-state index contributed by atoms with van der Waals surface area (Å²) in [5.74, 6) is 1.33. The first kappa shape index (κ1) is 12.4. The molecule has 3 rings (SSSR count). The number of hydrogen-bond donors (Lipinski definition) is 1. The summed E-state index contributed by atoms with van der Waals surface area (Å²) in [5.41, 5.74) is 1.68. The third kappa shape index (κ3) is 1.87. The Hall–Kier alpha value is -1.66. The normalized spacial score (nSPS) is 11.2. The van der Waals surface area contributed by atoms with Crippen LogP contribution in [0.3, 0.4) is 0 Å². The highest BCUT2D eigenvalue weighted by Crippen LogP contribution is 2.28. The molecular weight excluding hydrogens is 282 g/mol. The van der Waals surface area contributed by atoms with Crippen LogP contribution in [-0.2, 0) is 0 Å². The first-order valence-electron chi connectivity index (χ1n) is 5.77. The molecule has 98 valence electrons. The second-order valence-electron chi connectivity index (χ2n) is 4.16. The van der Waals surface area contributed by atoms with E-state index in [2.05, 4.69) is 20.4 Å². The lowest BCUT2D eigenvalue weighted by molar-refractivity contribution is 0.812. The molecule has 0 aromatic carbocycles. The largest absolute Gasteiger partial charge is 0.357 e. The van der Waals surface area contributed by atoms with E-state index in [9.17, 15) is 0 Å². The molecule has 5 nitrogen and oxygen atoms in total. The minimum absolute atomic E-state index is 0.577. The van der Waals surface area contributed by atoms with Crippen molar-refractivity contribution in [3.8, 4) is 5.82 Å². The van der Waals surface area contributed by atoms with Crippen molar-refractivity contribution in [2.24, 2.45) is 0 Å². The van der Waals surface area contributed by atoms with E-state index in [1.54, 1.807) is 23.1 Å². The summed E-state index contributed by atoms with van der Waals surface area (Å²) < 4.78 is 1.77. The number of hydrogen-bond acceptors (Lipinski definition) is 5. The molecule has 7 heteroatoms. The lowest BCUT2D eigenvalue weighted by Crippen LogP contribution is -2.06. The number of nitrogens with zero attached hydrogens (tertiary/aromatic N) is 4. The number of rotatable bonds is 2. The van der Waals surface area contributed by atoms with Crippen LogP contribution in [0.2, 0.25) is 5.02 Å². The maximum absolute atomic E-state index is 6.21. The van der Waals surface area contributed by atoms with Gasteiger partial charge in [0.1, 0.15) is 4.83 Å². The second-order valence-corrected chi connectivity index (χ2v) is 5.43. The zero-order valence-electron chi connectivity index (χ0n) is 10.7. The topological polar surface area (TPSA) is 55.6 Å². The highest BCUT2D eigenvalue weighted by atomic mass is 35.5. The van der Waals surface area contributed by atoms with Gasteiger partial charge in [-0.3, -0.25) is 0 Å². The van der Waals surface area contributed by atoms with Gasteiger partial charge in [-0.1, -0.05) is 11.6 Å². The fourth-order valence-electron chi connectivity index (χ4n) is 1.94. The third-order valence-electron chi connectivity index (χ3n) is 2.93. The summed E-state index contributed by atoms with van der Waals surface area (Å²) in [6.45, 7) is 3.82. The van der Waals surface area contributed by atoms with Crippen molar-refractivity contribution >= 4 is 39.1 Å². The predicted octanol–water partition coefficient (Wildman–Crippen LogP) is 3.19. The van der Waals surface area contributed by atoms with Gasteiger partial charge in [0.15, 0.2) is 5.82 Å². The van der Waals surface area contributed by atoms with Crippen LogP contribution in [0, 0.1) is 13.8 Å². The fraction of sp³-hybridized carbons (Fsp3) is 0.250. The first-order chi connectivity index (χ1) is 9.11. The van der Waals surface area contributed by atoms with Gasteiger partial charge < -0.3 is 5.32 Å². The van der Waals surface area contributed by atoms with Crippen LogP contribution in [0.25, 0.3) is 16.0 Å². The van der Waals surface area contributed by atoms with Crippen LogP contribution < -0.4 is 5.32 Å². The van der Waals surface area contributed by atoms with E-state index < -0.39 is 0 Å². The summed E-state index contributed by atoms with van der Waals surface area (Å²) in [7, 11) is 1.80. The molecule has 0 saturated carbocycles. The van der Waals surface area contributed by atoms with Crippen LogP contribution in [0.1, 0.15) is 11.4 Å². The zero-order chi connectivity index (χ0) is 13.6. The summed E-state index contributed by atoms with van der Waals surface area (Å²) in [6.07, 6.45) is 0. The molecule has 0 unspecified atom stereocenters. The van der Waals surface area contributed by atoms with Gasteiger partial charge in [-0.15, -0.1) is 11.3 Å². The van der Waals surface area contributed by atoms with Crippen LogP contribution >= 0.6 is 22.9 Å². The minimum Gasteiger partial charge on any atom is -0.357 e. The standard InChI is InChI=1S/C12H12ClN5S/c1-6-9(13)7(2)18(17-6)10-8-4-5-19-11(8)16-12(14-3)15-10/h4-5H,1-3H3,(H,14,15,16). The highest BCUT2D eigenvalue weighted by Gasteiger charge is 2.16. The molecule has 19 heavy (non-hydrogen) atoms. The monoisotopic (exact) mass is 293 g/mol. The number of fused-ring (bicyclic) bond motifs is 1. The lowest BCUT2D eigenvalue weighted by Gasteiger charge is -2.07. The van der Waals surface area contributed by atoms with E-state index in [-0.39, 0.29) is 0 Å². The molecule has 0 spiro atoms. The molecular formula is C12H12ClN5S. The quantitative estimate of drug-likeness (QED) is 0.788. The Labute approximate surface area is 119 Å². The Kier molecular flexibility index (Phi) is 2.91. The van der Waals surface area contributed by atoms with E-state index in [4.69, 9.17) is 11.6 Å². The molecule has 0 amide bonds. The predicted molar refractivity (Wildman–Crippen MR) is 78.6 cm³/mol. The molecule has 0 atom stereocenters. The Balaban J connectivity index is 2.34. The molecule has 3 aromatic rings. The van der Waals surface area contributed by atoms with E-state index in [0.717, 1.165) is 27.4 Å². The second kappa shape index (κ2) is 4.47. The average Bonchev–Trinajstić information content (AvgIpc) is 2.98. The summed E-state index contributed by atoms with van der Waals surface area (Å²) >= 11 is 7.78. The SMILES string of the molecule is CNc1nc(-n2nc(C)c(Cl)c2C)c2ccsc2n1. The summed E-state index contributed by atoms with van der Waals surface area (Å²) in [6, 6.07) is 2.00. The van der Waals surface area contributed by atoms with Gasteiger partial charge in [-0.05, 0) is 25.3 Å². The Bertz CT molecular complexity index is 761. The van der Waals surface area contributed by atoms with Gasteiger partial charge in [0.2, 0.25) is 5.95 Å². The molecule has 0 bridgehead atoms. The van der Waals surface area contributed by atoms with Crippen LogP contribution in [0.4, 0.5) is 5.95 Å². The number of aryl methyl sites for hydroxylation is 1. The van der Waals surface area contributed by atoms with Crippen molar-refractivity contribution in [1.82, 2.24) is 19.7 Å². The van der Waals surface area contributed by atoms with Gasteiger partial charge in [-0.2, -0.15) is 10.1 Å². The Morgan fingerprint density at radius 1 is 1.32 bits per heavy atom. The Morgan fingerprint density at radius 3 is 2.74 bits per heavy atom. The molecule has 3 aromatic heterocycles. The van der Waals surface area contributed by atoms with Crippen LogP contribution in [-0.4, -0.2) is 26.8 Å². The number of halogens is 1. The van der Waals surface area contributed by atoms with Crippen molar-refractivity contribution in [3.05, 3.63) is 27.9 Å². The van der Waals surface area contributed by atoms with Crippen molar-refractivity contribution in [2.45, 2.75) is 13.8 Å². The Morgan fingerprint density at radius 2 is 2.11 bits per heavy atom. The summed E-state index contributed by atoms with van der Waals surface area (Å²) in [4.78, 5) is 9.85. The molecule has 0 radical (unpaired) electrons. The molecule has 0 aliphatic carbocycles. The van der Waals surface area contributed by atoms with Gasteiger partial charge >= 0.3 is 0 Å². The van der Waals surface area contributed by atoms with Gasteiger partial charge in [0.05, 0.1) is 21.8 Å². The highest BCUT2D eigenvalue weighted by molar-refractivity contribution is 7.16. The molecule has 0 aliphatic rings. The van der Waals surface area contributed by atoms with Crippen LogP contribution in [0.5, 0.6) is 0 Å². The van der Waals surface area contributed by atoms with Crippen molar-refractivity contribution in [1.29, 1.82) is 0 Å². The van der Waals surface area contributed by atoms with Crippen LogP contribution in [0.15, 0.2) is 11.4 Å². The van der Waals surface area contributed by atoms with Crippen molar-refractivity contribution in [2.75, 3.05) is 12.4 Å². The molecule has 1 N–H and O–H groups in total. The van der Waals surface area contributed by atoms with Crippen molar-refractivity contribution < 1.29 is 0 Å². The number of aromatic nitrogens is 4. The maximum Gasteiger partial charge on any atom is 0.225 e.